The summed E-state index contributed by atoms with van der Waals surface area (Å²) >= 11 is 0. The van der Waals surface area contributed by atoms with Gasteiger partial charge >= 0.3 is 6.18 Å². The molecule has 1 amide bonds. The number of hydrogen-bond acceptors (Lipinski definition) is 5. The average Bonchev–Trinajstić information content (AvgIpc) is 3.76. The lowest BCUT2D eigenvalue weighted by Crippen LogP contribution is -2.55. The highest BCUT2D eigenvalue weighted by atomic mass is 19.4. The lowest BCUT2D eigenvalue weighted by Gasteiger charge is -2.44. The molecule has 2 unspecified atom stereocenters. The maximum atomic E-state index is 16.3. The third-order valence-corrected chi connectivity index (χ3v) is 7.94. The second kappa shape index (κ2) is 11.4. The molecule has 0 bridgehead atoms. The van der Waals surface area contributed by atoms with Crippen LogP contribution in [0.1, 0.15) is 42.6 Å². The van der Waals surface area contributed by atoms with Crippen LogP contribution in [0.3, 0.4) is 0 Å². The first kappa shape index (κ1) is 29.6. The van der Waals surface area contributed by atoms with Gasteiger partial charge in [0.15, 0.2) is 5.82 Å². The highest BCUT2D eigenvalue weighted by Crippen LogP contribution is 2.40. The van der Waals surface area contributed by atoms with Gasteiger partial charge < -0.3 is 19.9 Å². The minimum absolute atomic E-state index is 0.00345. The predicted octanol–water partition coefficient (Wildman–Crippen LogP) is 5.91. The van der Waals surface area contributed by atoms with Crippen molar-refractivity contribution >= 4 is 17.3 Å². The van der Waals surface area contributed by atoms with Gasteiger partial charge in [-0.3, -0.25) is 14.5 Å². The molecule has 12 heteroatoms. The molecule has 2 atom stereocenters. The summed E-state index contributed by atoms with van der Waals surface area (Å²) in [7, 11) is 1.92. The van der Waals surface area contributed by atoms with E-state index in [4.69, 9.17) is 4.74 Å². The van der Waals surface area contributed by atoms with Crippen molar-refractivity contribution in [2.24, 2.45) is 5.92 Å². The number of anilines is 2. The van der Waals surface area contributed by atoms with Crippen molar-refractivity contribution in [3.05, 3.63) is 75.7 Å². The van der Waals surface area contributed by atoms with E-state index < -0.39 is 51.7 Å². The van der Waals surface area contributed by atoms with Crippen molar-refractivity contribution < 1.29 is 31.5 Å². The third kappa shape index (κ3) is 6.13. The Bertz CT molecular complexity index is 1520. The Labute approximate surface area is 239 Å². The zero-order chi connectivity index (χ0) is 30.3. The minimum atomic E-state index is -5.03. The van der Waals surface area contributed by atoms with E-state index in [1.807, 2.05) is 20.9 Å². The van der Waals surface area contributed by atoms with Gasteiger partial charge in [0.2, 0.25) is 5.56 Å². The number of carbonyl (C=O) groups is 1. The second-order valence-corrected chi connectivity index (χ2v) is 11.1. The van der Waals surface area contributed by atoms with Crippen LogP contribution in [-0.2, 0) is 6.18 Å². The molecule has 2 aromatic carbocycles. The highest BCUT2D eigenvalue weighted by molar-refractivity contribution is 6.07. The molecule has 1 saturated carbocycles. The van der Waals surface area contributed by atoms with Crippen molar-refractivity contribution in [2.45, 2.75) is 44.9 Å². The zero-order valence-electron chi connectivity index (χ0n) is 23.3. The second-order valence-electron chi connectivity index (χ2n) is 11.1. The number of alkyl halides is 3. The van der Waals surface area contributed by atoms with Crippen molar-refractivity contribution in [1.82, 2.24) is 9.88 Å². The molecule has 1 saturated heterocycles. The maximum absolute atomic E-state index is 16.3. The average molecular weight is 591 g/mol. The molecule has 224 valence electrons. The summed E-state index contributed by atoms with van der Waals surface area (Å²) in [5.41, 5.74) is -4.20. The van der Waals surface area contributed by atoms with E-state index in [0.29, 0.717) is 37.6 Å². The third-order valence-electron chi connectivity index (χ3n) is 7.94. The van der Waals surface area contributed by atoms with E-state index in [0.717, 1.165) is 18.9 Å². The summed E-state index contributed by atoms with van der Waals surface area (Å²) in [6.45, 7) is 5.12. The summed E-state index contributed by atoms with van der Waals surface area (Å²) < 4.78 is 78.8. The Morgan fingerprint density at radius 3 is 2.31 bits per heavy atom. The van der Waals surface area contributed by atoms with Gasteiger partial charge in [0.25, 0.3) is 5.91 Å². The molecule has 42 heavy (non-hydrogen) atoms. The number of piperazine rings is 1. The number of halogens is 5. The number of aromatic nitrogens is 1. The summed E-state index contributed by atoms with van der Waals surface area (Å²) in [5.74, 6) is -2.29. The maximum Gasteiger partial charge on any atom is 0.417 e. The van der Waals surface area contributed by atoms with Crippen molar-refractivity contribution in [3.63, 3.8) is 0 Å². The minimum Gasteiger partial charge on any atom is -0.493 e. The molecule has 2 heterocycles. The molecule has 0 spiro atoms. The number of ether oxygens (including phenoxy) is 1. The molecular weight excluding hydrogens is 559 g/mol. The van der Waals surface area contributed by atoms with Crippen LogP contribution >= 0.6 is 0 Å². The summed E-state index contributed by atoms with van der Waals surface area (Å²) in [4.78, 5) is 30.7. The molecular formula is C30H31F5N4O3. The first-order valence-electron chi connectivity index (χ1n) is 13.7. The zero-order valence-corrected chi connectivity index (χ0v) is 23.3. The van der Waals surface area contributed by atoms with Gasteiger partial charge in [-0.1, -0.05) is 12.1 Å². The number of pyridine rings is 1. The Morgan fingerprint density at radius 2 is 1.71 bits per heavy atom. The molecule has 2 aliphatic rings. The number of nitrogens with one attached hydrogen (secondary N) is 2. The summed E-state index contributed by atoms with van der Waals surface area (Å²) in [5, 5.41) is 2.27. The van der Waals surface area contributed by atoms with Crippen LogP contribution in [0.15, 0.2) is 47.4 Å². The fourth-order valence-electron chi connectivity index (χ4n) is 5.13. The fraction of sp³-hybridized carbons (Fsp3) is 0.400. The van der Waals surface area contributed by atoms with Gasteiger partial charge in [0, 0.05) is 43.5 Å². The molecule has 2 N–H and O–H groups in total. The molecule has 1 aliphatic carbocycles. The molecule has 3 aromatic rings. The fourth-order valence-corrected chi connectivity index (χ4v) is 5.13. The summed E-state index contributed by atoms with van der Waals surface area (Å²) in [6.07, 6.45) is -2.20. The normalized spacial score (nSPS) is 19.6. The van der Waals surface area contributed by atoms with Gasteiger partial charge in [0.05, 0.1) is 29.0 Å². The molecule has 5 rings (SSSR count). The van der Waals surface area contributed by atoms with Gasteiger partial charge in [-0.15, -0.1) is 0 Å². The van der Waals surface area contributed by atoms with Crippen LogP contribution in [0.25, 0.3) is 11.1 Å². The van der Waals surface area contributed by atoms with Crippen molar-refractivity contribution in [1.29, 1.82) is 0 Å². The Kier molecular flexibility index (Phi) is 8.02. The number of carbonyl (C=O) groups excluding carboxylic acids is 1. The largest absolute Gasteiger partial charge is 0.493 e. The van der Waals surface area contributed by atoms with Gasteiger partial charge in [-0.25, -0.2) is 8.78 Å². The number of H-pyrrole nitrogens is 1. The Morgan fingerprint density at radius 1 is 1.07 bits per heavy atom. The Hall–Kier alpha value is -3.93. The molecule has 0 radical (unpaired) electrons. The van der Waals surface area contributed by atoms with Crippen LogP contribution in [0.2, 0.25) is 0 Å². The SMILES string of the molecule is CC1CN(c2cc(F)c(-c3ccc(OCC4CC4)cc3)c(F)c2NC(=O)c2c[nH]c(=O)cc2C(F)(F)F)CC(C)N1C. The highest BCUT2D eigenvalue weighted by Gasteiger charge is 2.37. The van der Waals surface area contributed by atoms with E-state index >= 15 is 8.78 Å². The monoisotopic (exact) mass is 590 g/mol. The first-order chi connectivity index (χ1) is 19.8. The van der Waals surface area contributed by atoms with Crippen LogP contribution in [0, 0.1) is 17.6 Å². The topological polar surface area (TPSA) is 77.7 Å². The summed E-state index contributed by atoms with van der Waals surface area (Å²) in [6, 6.07) is 7.44. The van der Waals surface area contributed by atoms with Crippen LogP contribution in [0.4, 0.5) is 33.3 Å². The van der Waals surface area contributed by atoms with E-state index in [1.165, 1.54) is 12.1 Å². The van der Waals surface area contributed by atoms with E-state index in [9.17, 15) is 22.8 Å². The quantitative estimate of drug-likeness (QED) is 0.335. The standard InChI is InChI=1S/C30H31F5N4O3/c1-16-13-39(14-17(2)38(16)3)24-11-23(31)26(19-6-8-20(9-7-19)42-15-18-4-5-18)27(32)28(24)37-29(41)21-12-36-25(40)10-22(21)30(33,34)35/h6-12,16-18H,4-5,13-15H2,1-3H3,(H,36,40)(H,37,41). The molecule has 2 fully saturated rings. The molecule has 1 aliphatic heterocycles. The smallest absolute Gasteiger partial charge is 0.417 e. The Balaban J connectivity index is 1.57. The van der Waals surface area contributed by atoms with Crippen molar-refractivity contribution in [2.75, 3.05) is 37.0 Å². The van der Waals surface area contributed by atoms with Crippen molar-refractivity contribution in [3.8, 4) is 16.9 Å². The van der Waals surface area contributed by atoms with Crippen LogP contribution < -0.4 is 20.5 Å². The lowest BCUT2D eigenvalue weighted by molar-refractivity contribution is -0.138. The van der Waals surface area contributed by atoms with Gasteiger partial charge in [0.1, 0.15) is 17.3 Å². The van der Waals surface area contributed by atoms with Crippen LogP contribution in [0.5, 0.6) is 5.75 Å². The molecule has 7 nitrogen and oxygen atoms in total. The first-order valence-corrected chi connectivity index (χ1v) is 13.7. The lowest BCUT2D eigenvalue weighted by atomic mass is 10.00. The number of rotatable bonds is 7. The number of likely N-dealkylation sites (N-methyl/N-ethyl adjacent to an activating group) is 1. The number of aromatic amines is 1. The predicted molar refractivity (Wildman–Crippen MR) is 149 cm³/mol. The van der Waals surface area contributed by atoms with Gasteiger partial charge in [-0.2, -0.15) is 13.2 Å². The number of hydrogen-bond donors (Lipinski definition) is 2. The number of amides is 1. The number of benzene rings is 2. The molecule has 1 aromatic heterocycles. The van der Waals surface area contributed by atoms with Gasteiger partial charge in [-0.05, 0) is 57.4 Å². The van der Waals surface area contributed by atoms with E-state index in [-0.39, 0.29) is 29.4 Å². The van der Waals surface area contributed by atoms with E-state index in [2.05, 4.69) is 15.2 Å². The number of nitrogens with zero attached hydrogens (tertiary/aromatic N) is 2. The van der Waals surface area contributed by atoms with E-state index in [1.54, 1.807) is 17.0 Å². The van der Waals surface area contributed by atoms with Crippen LogP contribution in [-0.4, -0.2) is 54.6 Å².